The van der Waals surface area contributed by atoms with Gasteiger partial charge in [-0.3, -0.25) is 0 Å². The SMILES string of the molecule is COCC(C)NS(=O)(=O)c1ccccc1C(=O)OC. The van der Waals surface area contributed by atoms with Gasteiger partial charge in [0.15, 0.2) is 0 Å². The Bertz CT molecular complexity index is 541. The monoisotopic (exact) mass is 287 g/mol. The minimum absolute atomic E-state index is 0.00196. The highest BCUT2D eigenvalue weighted by Gasteiger charge is 2.23. The molecule has 1 unspecified atom stereocenters. The molecule has 1 aromatic carbocycles. The van der Waals surface area contributed by atoms with Crippen LogP contribution in [0.4, 0.5) is 0 Å². The Morgan fingerprint density at radius 1 is 1.32 bits per heavy atom. The van der Waals surface area contributed by atoms with E-state index < -0.39 is 22.0 Å². The van der Waals surface area contributed by atoms with Crippen LogP contribution in [0.2, 0.25) is 0 Å². The lowest BCUT2D eigenvalue weighted by Crippen LogP contribution is -2.36. The van der Waals surface area contributed by atoms with Crippen LogP contribution in [0.1, 0.15) is 17.3 Å². The van der Waals surface area contributed by atoms with E-state index in [4.69, 9.17) is 4.74 Å². The number of methoxy groups -OCH3 is 2. The van der Waals surface area contributed by atoms with E-state index in [0.29, 0.717) is 0 Å². The van der Waals surface area contributed by atoms with Crippen molar-refractivity contribution in [1.29, 1.82) is 0 Å². The highest BCUT2D eigenvalue weighted by molar-refractivity contribution is 7.89. The van der Waals surface area contributed by atoms with E-state index in [1.165, 1.54) is 26.4 Å². The summed E-state index contributed by atoms with van der Waals surface area (Å²) >= 11 is 0. The molecule has 6 nitrogen and oxygen atoms in total. The smallest absolute Gasteiger partial charge is 0.339 e. The summed E-state index contributed by atoms with van der Waals surface area (Å²) < 4.78 is 36.2. The van der Waals surface area contributed by atoms with Gasteiger partial charge in [0.25, 0.3) is 0 Å². The minimum atomic E-state index is -3.80. The van der Waals surface area contributed by atoms with Crippen molar-refractivity contribution in [2.75, 3.05) is 20.8 Å². The lowest BCUT2D eigenvalue weighted by molar-refractivity contribution is 0.0596. The van der Waals surface area contributed by atoms with Crippen molar-refractivity contribution in [1.82, 2.24) is 4.72 Å². The van der Waals surface area contributed by atoms with Crippen LogP contribution in [0, 0.1) is 0 Å². The number of esters is 1. The standard InChI is InChI=1S/C12H17NO5S/c1-9(8-17-2)13-19(15,16)11-7-5-4-6-10(11)12(14)18-3/h4-7,9,13H,8H2,1-3H3. The maximum absolute atomic E-state index is 12.2. The molecular formula is C12H17NO5S. The fourth-order valence-corrected chi connectivity index (χ4v) is 3.02. The second kappa shape index (κ2) is 6.65. The zero-order chi connectivity index (χ0) is 14.5. The normalized spacial score (nSPS) is 13.0. The lowest BCUT2D eigenvalue weighted by atomic mass is 10.2. The van der Waals surface area contributed by atoms with Gasteiger partial charge in [-0.25, -0.2) is 17.9 Å². The molecule has 106 valence electrons. The van der Waals surface area contributed by atoms with Crippen molar-refractivity contribution in [2.24, 2.45) is 0 Å². The highest BCUT2D eigenvalue weighted by atomic mass is 32.2. The van der Waals surface area contributed by atoms with Crippen LogP contribution in [0.25, 0.3) is 0 Å². The van der Waals surface area contributed by atoms with E-state index in [-0.39, 0.29) is 17.1 Å². The molecule has 0 fully saturated rings. The van der Waals surface area contributed by atoms with Gasteiger partial charge >= 0.3 is 5.97 Å². The van der Waals surface area contributed by atoms with Crippen LogP contribution in [0.5, 0.6) is 0 Å². The molecule has 7 heteroatoms. The predicted molar refractivity (Wildman–Crippen MR) is 69.4 cm³/mol. The molecular weight excluding hydrogens is 270 g/mol. The first-order valence-corrected chi connectivity index (χ1v) is 7.09. The number of sulfonamides is 1. The fraction of sp³-hybridized carbons (Fsp3) is 0.417. The Labute approximate surface area is 112 Å². The van der Waals surface area contributed by atoms with Gasteiger partial charge < -0.3 is 9.47 Å². The molecule has 1 N–H and O–H groups in total. The van der Waals surface area contributed by atoms with Crippen molar-refractivity contribution in [2.45, 2.75) is 17.9 Å². The third kappa shape index (κ3) is 4.02. The first-order valence-electron chi connectivity index (χ1n) is 5.61. The van der Waals surface area contributed by atoms with Gasteiger partial charge in [-0.05, 0) is 19.1 Å². The van der Waals surface area contributed by atoms with E-state index in [1.807, 2.05) is 0 Å². The molecule has 0 radical (unpaired) electrons. The van der Waals surface area contributed by atoms with Gasteiger partial charge in [0, 0.05) is 13.2 Å². The molecule has 1 aromatic rings. The first kappa shape index (κ1) is 15.6. The van der Waals surface area contributed by atoms with Crippen LogP contribution in [-0.2, 0) is 19.5 Å². The Balaban J connectivity index is 3.11. The molecule has 0 heterocycles. The molecule has 0 spiro atoms. The molecule has 1 atom stereocenters. The molecule has 0 aliphatic heterocycles. The second-order valence-electron chi connectivity index (χ2n) is 3.97. The molecule has 0 aliphatic carbocycles. The van der Waals surface area contributed by atoms with Crippen molar-refractivity contribution in [3.63, 3.8) is 0 Å². The Hall–Kier alpha value is -1.44. The number of carbonyl (C=O) groups is 1. The van der Waals surface area contributed by atoms with Gasteiger partial charge in [0.05, 0.1) is 24.2 Å². The fourth-order valence-electron chi connectivity index (χ4n) is 1.59. The van der Waals surface area contributed by atoms with Gasteiger partial charge in [-0.1, -0.05) is 12.1 Å². The van der Waals surface area contributed by atoms with Crippen molar-refractivity contribution >= 4 is 16.0 Å². The summed E-state index contributed by atoms with van der Waals surface area (Å²) in [5.74, 6) is -0.694. The predicted octanol–water partition coefficient (Wildman–Crippen LogP) is 0.786. The maximum atomic E-state index is 12.2. The quantitative estimate of drug-likeness (QED) is 0.782. The summed E-state index contributed by atoms with van der Waals surface area (Å²) in [5, 5.41) is 0. The average molecular weight is 287 g/mol. The number of benzene rings is 1. The van der Waals surface area contributed by atoms with Crippen LogP contribution in [0.3, 0.4) is 0 Å². The topological polar surface area (TPSA) is 81.7 Å². The zero-order valence-electron chi connectivity index (χ0n) is 11.0. The number of rotatable bonds is 6. The first-order chi connectivity index (χ1) is 8.92. The molecule has 1 rings (SSSR count). The van der Waals surface area contributed by atoms with Crippen LogP contribution >= 0.6 is 0 Å². The number of carbonyl (C=O) groups excluding carboxylic acids is 1. The summed E-state index contributed by atoms with van der Waals surface area (Å²) in [6.45, 7) is 1.90. The number of hydrogen-bond acceptors (Lipinski definition) is 5. The molecule has 0 amide bonds. The van der Waals surface area contributed by atoms with E-state index in [9.17, 15) is 13.2 Å². The molecule has 0 aliphatic rings. The van der Waals surface area contributed by atoms with Crippen molar-refractivity contribution < 1.29 is 22.7 Å². The summed E-state index contributed by atoms with van der Waals surface area (Å²) in [4.78, 5) is 11.4. The van der Waals surface area contributed by atoms with Gasteiger partial charge in [-0.2, -0.15) is 0 Å². The third-order valence-electron chi connectivity index (χ3n) is 2.35. The number of ether oxygens (including phenoxy) is 2. The van der Waals surface area contributed by atoms with Crippen LogP contribution < -0.4 is 4.72 Å². The number of hydrogen-bond donors (Lipinski definition) is 1. The molecule has 0 aromatic heterocycles. The van der Waals surface area contributed by atoms with E-state index in [1.54, 1.807) is 19.1 Å². The van der Waals surface area contributed by atoms with E-state index in [0.717, 1.165) is 0 Å². The second-order valence-corrected chi connectivity index (χ2v) is 5.65. The van der Waals surface area contributed by atoms with Crippen molar-refractivity contribution in [3.8, 4) is 0 Å². The summed E-state index contributed by atoms with van der Waals surface area (Å²) in [5.41, 5.74) is 0.00196. The van der Waals surface area contributed by atoms with Crippen molar-refractivity contribution in [3.05, 3.63) is 29.8 Å². The molecule has 0 saturated heterocycles. The average Bonchev–Trinajstić information content (AvgIpc) is 2.37. The number of nitrogens with one attached hydrogen (secondary N) is 1. The largest absolute Gasteiger partial charge is 0.465 e. The zero-order valence-corrected chi connectivity index (χ0v) is 11.9. The van der Waals surface area contributed by atoms with Gasteiger partial charge in [-0.15, -0.1) is 0 Å². The summed E-state index contributed by atoms with van der Waals surface area (Å²) in [6.07, 6.45) is 0. The molecule has 0 saturated carbocycles. The summed E-state index contributed by atoms with van der Waals surface area (Å²) in [6, 6.07) is 5.47. The minimum Gasteiger partial charge on any atom is -0.465 e. The maximum Gasteiger partial charge on any atom is 0.339 e. The van der Waals surface area contributed by atoms with E-state index >= 15 is 0 Å². The third-order valence-corrected chi connectivity index (χ3v) is 4.00. The lowest BCUT2D eigenvalue weighted by Gasteiger charge is -2.14. The molecule has 0 bridgehead atoms. The van der Waals surface area contributed by atoms with Crippen LogP contribution in [0.15, 0.2) is 29.2 Å². The molecule has 19 heavy (non-hydrogen) atoms. The highest BCUT2D eigenvalue weighted by Crippen LogP contribution is 2.16. The Kier molecular flexibility index (Phi) is 5.46. The Morgan fingerprint density at radius 2 is 1.95 bits per heavy atom. The van der Waals surface area contributed by atoms with E-state index in [2.05, 4.69) is 9.46 Å². The summed E-state index contributed by atoms with van der Waals surface area (Å²) in [7, 11) is -1.12. The van der Waals surface area contributed by atoms with Crippen LogP contribution in [-0.4, -0.2) is 41.3 Å². The Morgan fingerprint density at radius 3 is 2.53 bits per heavy atom. The van der Waals surface area contributed by atoms with Gasteiger partial charge in [0.1, 0.15) is 0 Å². The van der Waals surface area contributed by atoms with Gasteiger partial charge in [0.2, 0.25) is 10.0 Å².